The Morgan fingerprint density at radius 1 is 1.06 bits per heavy atom. The molecule has 3 amide bonds. The summed E-state index contributed by atoms with van der Waals surface area (Å²) in [5.74, 6) is -1.83. The molecule has 1 fully saturated rings. The standard InChI is InChI=1S/C34H33FN8O4/c1-34(2,3)47-33(46)41-18-6-9-24(20-41)42(31-29-21(11-14-28(36)44)7-4-8-22(29)15-17-38-31)32(45)25-13-12-23(19-26(25)35)43-30-27(39-40-43)10-5-16-37-30/h4-5,7-8,10-17,19,24H,6,9,18,20H2,1-3H3,(H2,36,44)/b14-11+/t24-/m1/s1. The van der Waals surface area contributed by atoms with Crippen LogP contribution in [0.15, 0.2) is 73.1 Å². The number of likely N-dealkylation sites (tertiary alicyclic amines) is 1. The third kappa shape index (κ3) is 6.50. The highest BCUT2D eigenvalue weighted by molar-refractivity contribution is 6.12. The van der Waals surface area contributed by atoms with Crippen molar-refractivity contribution in [3.63, 3.8) is 0 Å². The zero-order valence-corrected chi connectivity index (χ0v) is 26.1. The van der Waals surface area contributed by atoms with Crippen molar-refractivity contribution >= 4 is 51.7 Å². The number of carbonyl (C=O) groups is 3. The van der Waals surface area contributed by atoms with Gasteiger partial charge >= 0.3 is 6.09 Å². The highest BCUT2D eigenvalue weighted by Gasteiger charge is 2.36. The molecule has 2 aromatic carbocycles. The van der Waals surface area contributed by atoms with Gasteiger partial charge in [0.15, 0.2) is 5.65 Å². The summed E-state index contributed by atoms with van der Waals surface area (Å²) < 4.78 is 23.1. The summed E-state index contributed by atoms with van der Waals surface area (Å²) in [5.41, 5.74) is 6.37. The fourth-order valence-corrected chi connectivity index (χ4v) is 5.70. The maximum atomic E-state index is 16.0. The molecule has 5 aromatic rings. The zero-order valence-electron chi connectivity index (χ0n) is 26.1. The number of benzene rings is 2. The summed E-state index contributed by atoms with van der Waals surface area (Å²) in [5, 5.41) is 9.49. The van der Waals surface area contributed by atoms with Gasteiger partial charge in [0.25, 0.3) is 5.91 Å². The smallest absolute Gasteiger partial charge is 0.410 e. The minimum atomic E-state index is -0.786. The quantitative estimate of drug-likeness (QED) is 0.255. The van der Waals surface area contributed by atoms with E-state index in [1.807, 2.05) is 12.1 Å². The van der Waals surface area contributed by atoms with Crippen LogP contribution in [-0.2, 0) is 9.53 Å². The van der Waals surface area contributed by atoms with Crippen LogP contribution in [0.2, 0.25) is 0 Å². The number of hydrogen-bond acceptors (Lipinski definition) is 8. The van der Waals surface area contributed by atoms with Crippen molar-refractivity contribution in [1.29, 1.82) is 0 Å². The SMILES string of the molecule is CC(C)(C)OC(=O)N1CCC[C@@H](N(C(=O)c2ccc(-n3nnc4cccnc43)cc2F)c2nccc3cccc(/C=C/C(N)=O)c23)C1. The molecule has 4 heterocycles. The Hall–Kier alpha value is -5.72. The molecular weight excluding hydrogens is 603 g/mol. The van der Waals surface area contributed by atoms with E-state index in [0.29, 0.717) is 47.2 Å². The average molecular weight is 637 g/mol. The van der Waals surface area contributed by atoms with Gasteiger partial charge in [0.2, 0.25) is 5.91 Å². The highest BCUT2D eigenvalue weighted by Crippen LogP contribution is 2.34. The number of aromatic nitrogens is 5. The van der Waals surface area contributed by atoms with Gasteiger partial charge in [-0.2, -0.15) is 4.68 Å². The first kappa shape index (κ1) is 31.3. The van der Waals surface area contributed by atoms with Crippen LogP contribution in [0.3, 0.4) is 0 Å². The number of primary amides is 1. The van der Waals surface area contributed by atoms with Gasteiger partial charge < -0.3 is 15.4 Å². The first-order valence-electron chi connectivity index (χ1n) is 15.1. The molecule has 0 bridgehead atoms. The molecule has 0 saturated carbocycles. The summed E-state index contributed by atoms with van der Waals surface area (Å²) >= 11 is 0. The Bertz CT molecular complexity index is 2030. The first-order valence-corrected chi connectivity index (χ1v) is 15.1. The lowest BCUT2D eigenvalue weighted by Gasteiger charge is -2.39. The summed E-state index contributed by atoms with van der Waals surface area (Å²) in [6, 6.07) is 14.3. The van der Waals surface area contributed by atoms with Crippen LogP contribution in [0.25, 0.3) is 33.7 Å². The number of pyridine rings is 2. The number of nitrogens with two attached hydrogens (primary N) is 1. The fraction of sp³-hybridized carbons (Fsp3) is 0.265. The molecule has 0 unspecified atom stereocenters. The molecule has 1 aliphatic rings. The topological polar surface area (TPSA) is 149 Å². The van der Waals surface area contributed by atoms with Crippen LogP contribution in [0.5, 0.6) is 0 Å². The number of piperidine rings is 1. The maximum absolute atomic E-state index is 16.0. The van der Waals surface area contributed by atoms with Crippen molar-refractivity contribution in [2.45, 2.75) is 45.3 Å². The molecule has 1 saturated heterocycles. The lowest BCUT2D eigenvalue weighted by molar-refractivity contribution is -0.113. The largest absolute Gasteiger partial charge is 0.444 e. The van der Waals surface area contributed by atoms with Gasteiger partial charge in [0.05, 0.1) is 17.3 Å². The van der Waals surface area contributed by atoms with Gasteiger partial charge in [-0.15, -0.1) is 5.10 Å². The van der Waals surface area contributed by atoms with Crippen LogP contribution in [0.1, 0.15) is 49.5 Å². The lowest BCUT2D eigenvalue weighted by Crippen LogP contribution is -2.53. The molecule has 13 heteroatoms. The molecule has 6 rings (SSSR count). The fourth-order valence-electron chi connectivity index (χ4n) is 5.70. The molecule has 240 valence electrons. The van der Waals surface area contributed by atoms with Crippen LogP contribution in [-0.4, -0.2) is 72.5 Å². The number of rotatable bonds is 6. The molecule has 3 aromatic heterocycles. The van der Waals surface area contributed by atoms with Gasteiger partial charge in [-0.05, 0) is 81.0 Å². The summed E-state index contributed by atoms with van der Waals surface area (Å²) in [7, 11) is 0. The van der Waals surface area contributed by atoms with E-state index in [0.717, 1.165) is 5.39 Å². The van der Waals surface area contributed by atoms with Gasteiger partial charge in [-0.1, -0.05) is 23.4 Å². The monoisotopic (exact) mass is 636 g/mol. The Morgan fingerprint density at radius 2 is 1.89 bits per heavy atom. The predicted octanol–water partition coefficient (Wildman–Crippen LogP) is 5.05. The molecule has 0 radical (unpaired) electrons. The molecular formula is C34H33FN8O4. The molecule has 1 atom stereocenters. The first-order chi connectivity index (χ1) is 22.5. The summed E-state index contributed by atoms with van der Waals surface area (Å²) in [6.45, 7) is 5.93. The molecule has 2 N–H and O–H groups in total. The van der Waals surface area contributed by atoms with Crippen molar-refractivity contribution in [3.8, 4) is 5.69 Å². The molecule has 12 nitrogen and oxygen atoms in total. The number of hydrogen-bond donors (Lipinski definition) is 1. The summed E-state index contributed by atoms with van der Waals surface area (Å²) in [6.07, 6.45) is 6.51. The predicted molar refractivity (Wildman–Crippen MR) is 174 cm³/mol. The van der Waals surface area contributed by atoms with Crippen molar-refractivity contribution in [1.82, 2.24) is 29.9 Å². The van der Waals surface area contributed by atoms with Gasteiger partial charge in [-0.3, -0.25) is 14.5 Å². The number of halogens is 1. The lowest BCUT2D eigenvalue weighted by atomic mass is 9.99. The second-order valence-corrected chi connectivity index (χ2v) is 12.2. The van der Waals surface area contributed by atoms with Crippen LogP contribution >= 0.6 is 0 Å². The minimum absolute atomic E-state index is 0.133. The molecule has 0 spiro atoms. The van der Waals surface area contributed by atoms with E-state index >= 15 is 4.39 Å². The second kappa shape index (κ2) is 12.6. The Labute approximate surface area is 269 Å². The zero-order chi connectivity index (χ0) is 33.3. The molecule has 1 aliphatic heterocycles. The van der Waals surface area contributed by atoms with Gasteiger partial charge in [-0.25, -0.2) is 19.2 Å². The highest BCUT2D eigenvalue weighted by atomic mass is 19.1. The summed E-state index contributed by atoms with van der Waals surface area (Å²) in [4.78, 5) is 51.3. The van der Waals surface area contributed by atoms with E-state index in [1.54, 1.807) is 74.5 Å². The third-order valence-corrected chi connectivity index (χ3v) is 7.73. The number of amides is 3. The van der Waals surface area contributed by atoms with E-state index in [1.165, 1.54) is 27.8 Å². The second-order valence-electron chi connectivity index (χ2n) is 12.2. The van der Waals surface area contributed by atoms with Crippen LogP contribution in [0, 0.1) is 5.82 Å². The van der Waals surface area contributed by atoms with E-state index in [-0.39, 0.29) is 17.9 Å². The van der Waals surface area contributed by atoms with E-state index in [9.17, 15) is 14.4 Å². The Kier molecular flexibility index (Phi) is 8.37. The normalized spacial score (nSPS) is 15.3. The minimum Gasteiger partial charge on any atom is -0.444 e. The number of fused-ring (bicyclic) bond motifs is 2. The van der Waals surface area contributed by atoms with Crippen LogP contribution < -0.4 is 10.6 Å². The molecule has 47 heavy (non-hydrogen) atoms. The van der Waals surface area contributed by atoms with E-state index in [4.69, 9.17) is 10.5 Å². The Morgan fingerprint density at radius 3 is 2.66 bits per heavy atom. The average Bonchev–Trinajstić information content (AvgIpc) is 3.47. The van der Waals surface area contributed by atoms with Gasteiger partial charge in [0.1, 0.15) is 22.8 Å². The van der Waals surface area contributed by atoms with Crippen molar-refractivity contribution in [2.24, 2.45) is 5.73 Å². The molecule has 0 aliphatic carbocycles. The Balaban J connectivity index is 1.46. The van der Waals surface area contributed by atoms with Crippen molar-refractivity contribution in [2.75, 3.05) is 18.0 Å². The third-order valence-electron chi connectivity index (χ3n) is 7.73. The van der Waals surface area contributed by atoms with Crippen molar-refractivity contribution < 1.29 is 23.5 Å². The number of anilines is 1. The van der Waals surface area contributed by atoms with Crippen LogP contribution in [0.4, 0.5) is 15.0 Å². The number of carbonyl (C=O) groups excluding carboxylic acids is 3. The number of nitrogens with zero attached hydrogens (tertiary/aromatic N) is 7. The maximum Gasteiger partial charge on any atom is 0.410 e. The van der Waals surface area contributed by atoms with Crippen molar-refractivity contribution in [3.05, 3.63) is 90.0 Å². The van der Waals surface area contributed by atoms with E-state index < -0.39 is 35.4 Å². The van der Waals surface area contributed by atoms with Gasteiger partial charge in [0, 0.05) is 43.0 Å². The van der Waals surface area contributed by atoms with E-state index in [2.05, 4.69) is 20.3 Å². The number of ether oxygens (including phenoxy) is 1.